The van der Waals surface area contributed by atoms with E-state index >= 15 is 0 Å². The van der Waals surface area contributed by atoms with Gasteiger partial charge in [-0.3, -0.25) is 4.52 Å². The van der Waals surface area contributed by atoms with Crippen molar-refractivity contribution in [3.05, 3.63) is 0 Å². The normalized spacial score (nSPS) is 46.6. The molecule has 1 saturated heterocycles. The van der Waals surface area contributed by atoms with Crippen LogP contribution in [0.2, 0.25) is 0 Å². The fourth-order valence-corrected chi connectivity index (χ4v) is 5.69. The van der Waals surface area contributed by atoms with Crippen LogP contribution in [0, 0.1) is 0 Å². The molecule has 2 atom stereocenters. The van der Waals surface area contributed by atoms with E-state index in [1.165, 1.54) is 0 Å². The summed E-state index contributed by atoms with van der Waals surface area (Å²) in [6, 6.07) is 0. The molecule has 15 heavy (non-hydrogen) atoms. The Bertz CT molecular complexity index is 347. The Hall–Kier alpha value is 0.450. The third kappa shape index (κ3) is 4.07. The topological polar surface area (TPSA) is 129 Å². The minimum atomic E-state index is -4.90. The summed E-state index contributed by atoms with van der Waals surface area (Å²) in [6.07, 6.45) is 0.406. The van der Waals surface area contributed by atoms with Crippen molar-refractivity contribution in [2.24, 2.45) is 0 Å². The molecule has 1 aliphatic heterocycles. The Kier molecular flexibility index (Phi) is 3.94. The molecular weight excluding hydrogens is 273 g/mol. The highest BCUT2D eigenvalue weighted by atomic mass is 31.3. The summed E-state index contributed by atoms with van der Waals surface area (Å²) in [7, 11) is -14.3. The highest BCUT2D eigenvalue weighted by Gasteiger charge is 2.53. The molecule has 0 aromatic heterocycles. The average Bonchev–Trinajstić information content (AvgIpc) is 1.93. The van der Waals surface area contributed by atoms with Crippen LogP contribution in [-0.2, 0) is 31.2 Å². The van der Waals surface area contributed by atoms with Crippen LogP contribution in [0.5, 0.6) is 0 Å². The molecule has 0 aromatic carbocycles. The molecule has 0 saturated carbocycles. The van der Waals surface area contributed by atoms with Gasteiger partial charge in [0.25, 0.3) is 0 Å². The minimum absolute atomic E-state index is 0.128. The number of rotatable bonds is 3. The second kappa shape index (κ2) is 4.37. The zero-order valence-corrected chi connectivity index (χ0v) is 10.2. The Morgan fingerprint density at radius 2 is 1.53 bits per heavy atom. The van der Waals surface area contributed by atoms with E-state index in [2.05, 4.69) is 17.5 Å². The fraction of sp³-hybridized carbons (Fsp3) is 1.00. The van der Waals surface area contributed by atoms with Crippen LogP contribution in [0.1, 0.15) is 13.3 Å². The zero-order valence-electron chi connectivity index (χ0n) is 7.51. The van der Waals surface area contributed by atoms with E-state index in [4.69, 9.17) is 9.79 Å². The van der Waals surface area contributed by atoms with Gasteiger partial charge in [0.1, 0.15) is 0 Å². The van der Waals surface area contributed by atoms with E-state index in [0.717, 1.165) is 0 Å². The van der Waals surface area contributed by atoms with Crippen molar-refractivity contribution >= 4 is 23.5 Å². The first kappa shape index (κ1) is 13.5. The first-order chi connectivity index (χ1) is 6.68. The van der Waals surface area contributed by atoms with Gasteiger partial charge >= 0.3 is 23.5 Å². The maximum atomic E-state index is 11.4. The van der Waals surface area contributed by atoms with Gasteiger partial charge in [0.15, 0.2) is 0 Å². The average molecular weight is 282 g/mol. The van der Waals surface area contributed by atoms with Gasteiger partial charge in [0.05, 0.1) is 6.61 Å². The third-order valence-corrected chi connectivity index (χ3v) is 6.47. The van der Waals surface area contributed by atoms with E-state index in [-0.39, 0.29) is 6.61 Å². The van der Waals surface area contributed by atoms with Crippen LogP contribution in [0.25, 0.3) is 0 Å². The van der Waals surface area contributed by atoms with Crippen molar-refractivity contribution in [3.8, 4) is 0 Å². The van der Waals surface area contributed by atoms with Gasteiger partial charge in [-0.15, -0.1) is 0 Å². The maximum absolute atomic E-state index is 11.4. The van der Waals surface area contributed by atoms with Gasteiger partial charge < -0.3 is 9.79 Å². The van der Waals surface area contributed by atoms with E-state index in [9.17, 15) is 13.7 Å². The van der Waals surface area contributed by atoms with Crippen molar-refractivity contribution in [2.75, 3.05) is 6.61 Å². The van der Waals surface area contributed by atoms with Crippen LogP contribution >= 0.6 is 23.5 Å². The Morgan fingerprint density at radius 3 is 1.93 bits per heavy atom. The van der Waals surface area contributed by atoms with Crippen LogP contribution in [-0.4, -0.2) is 16.4 Å². The second-order valence-corrected chi connectivity index (χ2v) is 7.45. The smallest absolute Gasteiger partial charge is 0.302 e. The lowest BCUT2D eigenvalue weighted by Gasteiger charge is -2.26. The lowest BCUT2D eigenvalue weighted by molar-refractivity contribution is 0.136. The molecule has 9 nitrogen and oxygen atoms in total. The van der Waals surface area contributed by atoms with Gasteiger partial charge in [0.2, 0.25) is 0 Å². The van der Waals surface area contributed by atoms with Gasteiger partial charge in [-0.2, -0.15) is 12.9 Å². The molecule has 1 aliphatic rings. The van der Waals surface area contributed by atoms with Crippen LogP contribution in [0.4, 0.5) is 0 Å². The van der Waals surface area contributed by atoms with Crippen LogP contribution in [0.3, 0.4) is 0 Å². The maximum Gasteiger partial charge on any atom is 0.492 e. The lowest BCUT2D eigenvalue weighted by Crippen LogP contribution is -2.06. The molecule has 0 aromatic rings. The summed E-state index contributed by atoms with van der Waals surface area (Å²) >= 11 is 0. The lowest BCUT2D eigenvalue weighted by atomic mass is 10.5. The molecule has 1 fully saturated rings. The molecular formula is C3H9O9P3. The molecule has 0 bridgehead atoms. The van der Waals surface area contributed by atoms with E-state index in [1.807, 2.05) is 0 Å². The van der Waals surface area contributed by atoms with Crippen LogP contribution < -0.4 is 0 Å². The van der Waals surface area contributed by atoms with Crippen molar-refractivity contribution in [2.45, 2.75) is 13.3 Å². The largest absolute Gasteiger partial charge is 0.492 e. The van der Waals surface area contributed by atoms with Gasteiger partial charge in [-0.05, 0) is 6.42 Å². The highest BCUT2D eigenvalue weighted by Crippen LogP contribution is 2.79. The van der Waals surface area contributed by atoms with E-state index in [1.54, 1.807) is 6.92 Å². The van der Waals surface area contributed by atoms with Gasteiger partial charge in [-0.1, -0.05) is 6.92 Å². The summed E-state index contributed by atoms with van der Waals surface area (Å²) in [5, 5.41) is 0. The quantitative estimate of drug-likeness (QED) is 0.744. The molecule has 1 heterocycles. The Balaban J connectivity index is 2.88. The molecule has 0 spiro atoms. The molecule has 2 unspecified atom stereocenters. The number of hydrogen-bond donors (Lipinski definition) is 2. The summed E-state index contributed by atoms with van der Waals surface area (Å²) in [5.74, 6) is 0. The SMILES string of the molecule is CCCOP1(=O)OP(=O)(O)OP(=O)(O)O1. The second-order valence-electron chi connectivity index (χ2n) is 2.46. The number of hydrogen-bond acceptors (Lipinski definition) is 7. The van der Waals surface area contributed by atoms with Gasteiger partial charge in [0, 0.05) is 0 Å². The highest BCUT2D eigenvalue weighted by molar-refractivity contribution is 7.74. The molecule has 2 N–H and O–H groups in total. The summed E-state index contributed by atoms with van der Waals surface area (Å²) < 4.78 is 49.2. The van der Waals surface area contributed by atoms with Crippen molar-refractivity contribution in [1.82, 2.24) is 0 Å². The van der Waals surface area contributed by atoms with Crippen molar-refractivity contribution in [1.29, 1.82) is 0 Å². The molecule has 12 heteroatoms. The van der Waals surface area contributed by atoms with Crippen molar-refractivity contribution in [3.63, 3.8) is 0 Å². The Morgan fingerprint density at radius 1 is 1.07 bits per heavy atom. The first-order valence-electron chi connectivity index (χ1n) is 3.72. The monoisotopic (exact) mass is 282 g/mol. The molecule has 0 aliphatic carbocycles. The third-order valence-electron chi connectivity index (χ3n) is 1.07. The molecule has 0 amide bonds. The zero-order chi connectivity index (χ0) is 11.7. The van der Waals surface area contributed by atoms with E-state index in [0.29, 0.717) is 6.42 Å². The predicted octanol–water partition coefficient (Wildman–Crippen LogP) is 1.79. The number of phosphoric acid groups is 3. The standard InChI is InChI=1S/C3H9O9P3/c1-2-3-9-15(8)11-13(4,5)10-14(6,7)12-15/h2-3H2,1H3,(H,4,5)(H,6,7). The minimum Gasteiger partial charge on any atom is -0.302 e. The predicted molar refractivity (Wildman–Crippen MR) is 46.8 cm³/mol. The summed E-state index contributed by atoms with van der Waals surface area (Å²) in [5.41, 5.74) is 0. The Labute approximate surface area is 85.2 Å². The van der Waals surface area contributed by atoms with Crippen molar-refractivity contribution < 1.29 is 40.9 Å². The van der Waals surface area contributed by atoms with Crippen LogP contribution in [0.15, 0.2) is 0 Å². The fourth-order valence-electron chi connectivity index (χ4n) is 0.678. The van der Waals surface area contributed by atoms with E-state index < -0.39 is 23.5 Å². The summed E-state index contributed by atoms with van der Waals surface area (Å²) in [6.45, 7) is 1.53. The molecule has 90 valence electrons. The molecule has 0 radical (unpaired) electrons. The first-order valence-corrected chi connectivity index (χ1v) is 8.17. The molecule has 1 rings (SSSR count). The summed E-state index contributed by atoms with van der Waals surface area (Å²) in [4.78, 5) is 17.6. The van der Waals surface area contributed by atoms with Gasteiger partial charge in [-0.25, -0.2) is 13.7 Å².